The summed E-state index contributed by atoms with van der Waals surface area (Å²) in [6.07, 6.45) is 3.70. The Morgan fingerprint density at radius 3 is 2.59 bits per heavy atom. The first-order valence-electron chi connectivity index (χ1n) is 11.7. The molecule has 0 spiro atoms. The summed E-state index contributed by atoms with van der Waals surface area (Å²) >= 11 is 0. The van der Waals surface area contributed by atoms with Crippen LogP contribution in [0.2, 0.25) is 0 Å². The Morgan fingerprint density at radius 2 is 1.84 bits per heavy atom. The molecule has 0 saturated carbocycles. The number of nitrogens with zero attached hydrogens (tertiary/aromatic N) is 2. The van der Waals surface area contributed by atoms with E-state index in [-0.39, 0.29) is 24.3 Å². The molecular formula is C26H33N3O3. The van der Waals surface area contributed by atoms with Crippen molar-refractivity contribution >= 4 is 23.2 Å². The van der Waals surface area contributed by atoms with Crippen LogP contribution in [0.4, 0.5) is 11.4 Å². The molecule has 2 aromatic rings. The minimum atomic E-state index is -0.164. The van der Waals surface area contributed by atoms with Crippen LogP contribution in [-0.4, -0.2) is 56.1 Å². The van der Waals surface area contributed by atoms with Gasteiger partial charge < -0.3 is 19.9 Å². The normalized spacial score (nSPS) is 18.0. The molecule has 170 valence electrons. The van der Waals surface area contributed by atoms with Crippen LogP contribution in [0.15, 0.2) is 48.5 Å². The van der Waals surface area contributed by atoms with Crippen LogP contribution in [0.25, 0.3) is 0 Å². The van der Waals surface area contributed by atoms with Crippen LogP contribution < -0.4 is 10.2 Å². The second-order valence-corrected chi connectivity index (χ2v) is 8.59. The van der Waals surface area contributed by atoms with Crippen molar-refractivity contribution in [1.82, 2.24) is 4.90 Å². The molecule has 0 bridgehead atoms. The summed E-state index contributed by atoms with van der Waals surface area (Å²) in [5.74, 6) is 0.132. The third-order valence-corrected chi connectivity index (χ3v) is 6.51. The van der Waals surface area contributed by atoms with Crippen molar-refractivity contribution in [1.29, 1.82) is 0 Å². The van der Waals surface area contributed by atoms with Gasteiger partial charge in [-0.1, -0.05) is 24.3 Å². The summed E-state index contributed by atoms with van der Waals surface area (Å²) in [6.45, 7) is 5.77. The maximum Gasteiger partial charge on any atom is 0.243 e. The standard InChI is InChI=1S/C26H33N3O3/c1-2-28(26(31)18-21-8-5-7-20-6-3-4-9-24(20)21)19-25(30)27-22-10-12-23(13-11-22)29-14-16-32-17-15-29/h3-4,6,9-13,21H,2,5,7-8,14-19H2,1H3,(H,27,30). The highest BCUT2D eigenvalue weighted by Gasteiger charge is 2.25. The van der Waals surface area contributed by atoms with E-state index in [0.717, 1.165) is 56.9 Å². The van der Waals surface area contributed by atoms with Crippen molar-refractivity contribution < 1.29 is 14.3 Å². The minimum absolute atomic E-state index is 0.0482. The number of hydrogen-bond donors (Lipinski definition) is 1. The van der Waals surface area contributed by atoms with Crippen LogP contribution in [0.5, 0.6) is 0 Å². The SMILES string of the molecule is CCN(CC(=O)Nc1ccc(N2CCOCC2)cc1)C(=O)CC1CCCc2ccccc21. The van der Waals surface area contributed by atoms with Gasteiger partial charge in [-0.2, -0.15) is 0 Å². The predicted molar refractivity (Wildman–Crippen MR) is 127 cm³/mol. The quantitative estimate of drug-likeness (QED) is 0.718. The lowest BCUT2D eigenvalue weighted by Crippen LogP contribution is -2.38. The fourth-order valence-corrected chi connectivity index (χ4v) is 4.73. The first kappa shape index (κ1) is 22.3. The molecule has 6 heteroatoms. The second-order valence-electron chi connectivity index (χ2n) is 8.59. The highest BCUT2D eigenvalue weighted by molar-refractivity contribution is 5.94. The highest BCUT2D eigenvalue weighted by Crippen LogP contribution is 2.34. The van der Waals surface area contributed by atoms with Crippen molar-refractivity contribution in [3.05, 3.63) is 59.7 Å². The summed E-state index contributed by atoms with van der Waals surface area (Å²) in [5, 5.41) is 2.93. The zero-order valence-corrected chi connectivity index (χ0v) is 18.9. The van der Waals surface area contributed by atoms with E-state index < -0.39 is 0 Å². The minimum Gasteiger partial charge on any atom is -0.378 e. The highest BCUT2D eigenvalue weighted by atomic mass is 16.5. The Balaban J connectivity index is 1.31. The number of likely N-dealkylation sites (N-methyl/N-ethyl adjacent to an activating group) is 1. The molecule has 2 amide bonds. The molecule has 0 radical (unpaired) electrons. The van der Waals surface area contributed by atoms with Gasteiger partial charge in [0.1, 0.15) is 0 Å². The van der Waals surface area contributed by atoms with E-state index in [0.29, 0.717) is 13.0 Å². The fourth-order valence-electron chi connectivity index (χ4n) is 4.73. The molecule has 1 unspecified atom stereocenters. The van der Waals surface area contributed by atoms with E-state index in [2.05, 4.69) is 34.5 Å². The number of aryl methyl sites for hydroxylation is 1. The number of carbonyl (C=O) groups is 2. The van der Waals surface area contributed by atoms with Crippen LogP contribution >= 0.6 is 0 Å². The number of amides is 2. The first-order chi connectivity index (χ1) is 15.6. The van der Waals surface area contributed by atoms with Gasteiger partial charge in [0.15, 0.2) is 0 Å². The van der Waals surface area contributed by atoms with Crippen molar-refractivity contribution in [2.75, 3.05) is 49.6 Å². The third-order valence-electron chi connectivity index (χ3n) is 6.51. The molecule has 32 heavy (non-hydrogen) atoms. The van der Waals surface area contributed by atoms with Gasteiger partial charge in [-0.3, -0.25) is 9.59 Å². The van der Waals surface area contributed by atoms with E-state index in [1.807, 2.05) is 31.2 Å². The topological polar surface area (TPSA) is 61.9 Å². The van der Waals surface area contributed by atoms with E-state index in [4.69, 9.17) is 4.74 Å². The molecule has 0 aromatic heterocycles. The molecule has 2 aromatic carbocycles. The number of fused-ring (bicyclic) bond motifs is 1. The Labute approximate surface area is 190 Å². The Hall–Kier alpha value is -2.86. The lowest BCUT2D eigenvalue weighted by atomic mass is 9.81. The number of ether oxygens (including phenoxy) is 1. The zero-order chi connectivity index (χ0) is 22.3. The molecule has 1 aliphatic carbocycles. The van der Waals surface area contributed by atoms with Crippen molar-refractivity contribution in [2.24, 2.45) is 0 Å². The molecule has 2 aliphatic rings. The van der Waals surface area contributed by atoms with E-state index >= 15 is 0 Å². The molecule has 4 rings (SSSR count). The molecule has 1 aliphatic heterocycles. The number of rotatable bonds is 7. The molecular weight excluding hydrogens is 402 g/mol. The number of hydrogen-bond acceptors (Lipinski definition) is 4. The summed E-state index contributed by atoms with van der Waals surface area (Å²) in [6, 6.07) is 16.3. The summed E-state index contributed by atoms with van der Waals surface area (Å²) in [4.78, 5) is 29.6. The predicted octanol–water partition coefficient (Wildman–Crippen LogP) is 3.82. The summed E-state index contributed by atoms with van der Waals surface area (Å²) in [7, 11) is 0. The number of benzene rings is 2. The Kier molecular flexibility index (Phi) is 7.43. The van der Waals surface area contributed by atoms with Gasteiger partial charge in [0.2, 0.25) is 11.8 Å². The molecule has 1 heterocycles. The lowest BCUT2D eigenvalue weighted by molar-refractivity contribution is -0.134. The molecule has 6 nitrogen and oxygen atoms in total. The van der Waals surface area contributed by atoms with Crippen LogP contribution in [0, 0.1) is 0 Å². The number of nitrogens with one attached hydrogen (secondary N) is 1. The maximum atomic E-state index is 13.0. The fraction of sp³-hybridized carbons (Fsp3) is 0.462. The van der Waals surface area contributed by atoms with Gasteiger partial charge in [-0.05, 0) is 67.5 Å². The third kappa shape index (κ3) is 5.49. The summed E-state index contributed by atoms with van der Waals surface area (Å²) < 4.78 is 5.40. The zero-order valence-electron chi connectivity index (χ0n) is 18.9. The van der Waals surface area contributed by atoms with Crippen LogP contribution in [0.3, 0.4) is 0 Å². The van der Waals surface area contributed by atoms with Gasteiger partial charge in [0, 0.05) is 37.4 Å². The van der Waals surface area contributed by atoms with Crippen LogP contribution in [-0.2, 0) is 20.7 Å². The average molecular weight is 436 g/mol. The Bertz CT molecular complexity index is 922. The maximum absolute atomic E-state index is 13.0. The van der Waals surface area contributed by atoms with E-state index in [1.54, 1.807) is 4.90 Å². The van der Waals surface area contributed by atoms with Gasteiger partial charge in [-0.15, -0.1) is 0 Å². The van der Waals surface area contributed by atoms with Crippen molar-refractivity contribution in [3.8, 4) is 0 Å². The number of morpholine rings is 1. The van der Waals surface area contributed by atoms with E-state index in [9.17, 15) is 9.59 Å². The molecule has 1 N–H and O–H groups in total. The monoisotopic (exact) mass is 435 g/mol. The lowest BCUT2D eigenvalue weighted by Gasteiger charge is -2.29. The van der Waals surface area contributed by atoms with Crippen molar-refractivity contribution in [2.45, 2.75) is 38.5 Å². The van der Waals surface area contributed by atoms with Gasteiger partial charge in [0.25, 0.3) is 0 Å². The average Bonchev–Trinajstić information content (AvgIpc) is 2.84. The molecule has 1 fully saturated rings. The van der Waals surface area contributed by atoms with E-state index in [1.165, 1.54) is 11.1 Å². The number of anilines is 2. The van der Waals surface area contributed by atoms with Gasteiger partial charge in [-0.25, -0.2) is 0 Å². The smallest absolute Gasteiger partial charge is 0.243 e. The largest absolute Gasteiger partial charge is 0.378 e. The number of carbonyl (C=O) groups excluding carboxylic acids is 2. The second kappa shape index (κ2) is 10.6. The molecule has 1 atom stereocenters. The van der Waals surface area contributed by atoms with Crippen LogP contribution in [0.1, 0.15) is 43.2 Å². The summed E-state index contributed by atoms with van der Waals surface area (Å²) in [5.41, 5.74) is 4.53. The van der Waals surface area contributed by atoms with Gasteiger partial charge >= 0.3 is 0 Å². The molecule has 1 saturated heterocycles. The van der Waals surface area contributed by atoms with Crippen molar-refractivity contribution in [3.63, 3.8) is 0 Å². The first-order valence-corrected chi connectivity index (χ1v) is 11.7. The van der Waals surface area contributed by atoms with Gasteiger partial charge in [0.05, 0.1) is 19.8 Å². The Morgan fingerprint density at radius 1 is 1.09 bits per heavy atom.